The molecule has 0 aromatic heterocycles. The van der Waals surface area contributed by atoms with Crippen molar-refractivity contribution in [2.45, 2.75) is 51.0 Å². The second kappa shape index (κ2) is 12.7. The van der Waals surface area contributed by atoms with Crippen molar-refractivity contribution < 1.29 is 14.3 Å². The van der Waals surface area contributed by atoms with Crippen molar-refractivity contribution in [2.75, 3.05) is 39.8 Å². The van der Waals surface area contributed by atoms with E-state index in [1.54, 1.807) is 7.11 Å². The van der Waals surface area contributed by atoms with Crippen LogP contribution in [0.1, 0.15) is 43.2 Å². The maximum absolute atomic E-state index is 13.4. The van der Waals surface area contributed by atoms with Crippen LogP contribution in [0.15, 0.2) is 54.6 Å². The van der Waals surface area contributed by atoms with Crippen LogP contribution in [0.2, 0.25) is 0 Å². The SMILES string of the molecule is COc1ccccc1CCNC(=O)C(C1CCCC1)N1CCN(C(=O)CCc2ccccc2)CC1. The predicted octanol–water partition coefficient (Wildman–Crippen LogP) is 3.69. The van der Waals surface area contributed by atoms with E-state index in [1.165, 1.54) is 18.4 Å². The van der Waals surface area contributed by atoms with Crippen LogP contribution in [-0.2, 0) is 22.4 Å². The molecule has 2 aliphatic rings. The number of amides is 2. The summed E-state index contributed by atoms with van der Waals surface area (Å²) in [6.45, 7) is 3.52. The van der Waals surface area contributed by atoms with Crippen molar-refractivity contribution in [3.05, 3.63) is 65.7 Å². The molecule has 1 aliphatic carbocycles. The number of aryl methyl sites for hydroxylation is 1. The lowest BCUT2D eigenvalue weighted by Gasteiger charge is -2.40. The molecule has 0 spiro atoms. The normalized spacial score (nSPS) is 17.8. The van der Waals surface area contributed by atoms with Crippen LogP contribution in [0.4, 0.5) is 0 Å². The molecular weight excluding hydrogens is 438 g/mol. The molecule has 1 unspecified atom stereocenters. The fraction of sp³-hybridized carbons (Fsp3) is 0.517. The van der Waals surface area contributed by atoms with Crippen LogP contribution in [-0.4, -0.2) is 67.5 Å². The molecule has 1 N–H and O–H groups in total. The molecule has 0 radical (unpaired) electrons. The summed E-state index contributed by atoms with van der Waals surface area (Å²) in [5, 5.41) is 3.21. The minimum absolute atomic E-state index is 0.100. The van der Waals surface area contributed by atoms with E-state index in [2.05, 4.69) is 22.3 Å². The molecule has 1 saturated heterocycles. The molecule has 35 heavy (non-hydrogen) atoms. The Labute approximate surface area is 209 Å². The zero-order chi connectivity index (χ0) is 24.5. The highest BCUT2D eigenvalue weighted by atomic mass is 16.5. The molecule has 2 amide bonds. The number of hydrogen-bond acceptors (Lipinski definition) is 4. The lowest BCUT2D eigenvalue weighted by Crippen LogP contribution is -2.58. The van der Waals surface area contributed by atoms with E-state index in [4.69, 9.17) is 4.74 Å². The standard InChI is InChI=1S/C29H39N3O3/c1-35-26-14-8-7-11-24(26)17-18-30-29(34)28(25-12-5-6-13-25)32-21-19-31(20-22-32)27(33)16-15-23-9-3-2-4-10-23/h2-4,7-11,14,25,28H,5-6,12-13,15-22H2,1H3,(H,30,34). The Kier molecular flexibility index (Phi) is 9.18. The Morgan fingerprint density at radius 1 is 0.943 bits per heavy atom. The predicted molar refractivity (Wildman–Crippen MR) is 138 cm³/mol. The number of carbonyl (C=O) groups excluding carboxylic acids is 2. The van der Waals surface area contributed by atoms with Crippen LogP contribution in [0.3, 0.4) is 0 Å². The number of nitrogens with one attached hydrogen (secondary N) is 1. The summed E-state index contributed by atoms with van der Waals surface area (Å²) < 4.78 is 5.45. The van der Waals surface area contributed by atoms with Crippen molar-refractivity contribution >= 4 is 11.8 Å². The molecule has 2 fully saturated rings. The van der Waals surface area contributed by atoms with Crippen molar-refractivity contribution in [3.8, 4) is 5.75 Å². The van der Waals surface area contributed by atoms with Gasteiger partial charge in [-0.3, -0.25) is 14.5 Å². The molecule has 1 heterocycles. The molecule has 0 bridgehead atoms. The number of benzene rings is 2. The Bertz CT molecular complexity index is 951. The molecule has 1 saturated carbocycles. The summed E-state index contributed by atoms with van der Waals surface area (Å²) in [5.41, 5.74) is 2.31. The van der Waals surface area contributed by atoms with Crippen LogP contribution in [0.25, 0.3) is 0 Å². The number of hydrogen-bond donors (Lipinski definition) is 1. The highest BCUT2D eigenvalue weighted by Crippen LogP contribution is 2.31. The summed E-state index contributed by atoms with van der Waals surface area (Å²) in [6, 6.07) is 18.0. The summed E-state index contributed by atoms with van der Waals surface area (Å²) >= 11 is 0. The van der Waals surface area contributed by atoms with Crippen molar-refractivity contribution in [3.63, 3.8) is 0 Å². The van der Waals surface area contributed by atoms with Gasteiger partial charge in [-0.25, -0.2) is 0 Å². The number of ether oxygens (including phenoxy) is 1. The molecule has 188 valence electrons. The fourth-order valence-corrected chi connectivity index (χ4v) is 5.59. The van der Waals surface area contributed by atoms with Gasteiger partial charge in [-0.15, -0.1) is 0 Å². The van der Waals surface area contributed by atoms with E-state index in [9.17, 15) is 9.59 Å². The smallest absolute Gasteiger partial charge is 0.237 e. The largest absolute Gasteiger partial charge is 0.496 e. The third-order valence-electron chi connectivity index (χ3n) is 7.53. The number of piperazine rings is 1. The Morgan fingerprint density at radius 2 is 1.63 bits per heavy atom. The van der Waals surface area contributed by atoms with Gasteiger partial charge in [0.2, 0.25) is 11.8 Å². The lowest BCUT2D eigenvalue weighted by atomic mass is 9.94. The van der Waals surface area contributed by atoms with E-state index >= 15 is 0 Å². The minimum Gasteiger partial charge on any atom is -0.496 e. The topological polar surface area (TPSA) is 61.9 Å². The Balaban J connectivity index is 1.29. The number of para-hydroxylation sites is 1. The van der Waals surface area contributed by atoms with Gasteiger partial charge in [0.25, 0.3) is 0 Å². The van der Waals surface area contributed by atoms with E-state index < -0.39 is 0 Å². The van der Waals surface area contributed by atoms with Crippen molar-refractivity contribution in [2.24, 2.45) is 5.92 Å². The second-order valence-corrected chi connectivity index (χ2v) is 9.74. The van der Waals surface area contributed by atoms with E-state index in [0.717, 1.165) is 50.1 Å². The highest BCUT2D eigenvalue weighted by Gasteiger charge is 2.37. The van der Waals surface area contributed by atoms with Gasteiger partial charge in [-0.1, -0.05) is 61.4 Å². The molecule has 4 rings (SSSR count). The van der Waals surface area contributed by atoms with Gasteiger partial charge in [0.1, 0.15) is 5.75 Å². The van der Waals surface area contributed by atoms with Gasteiger partial charge in [0, 0.05) is 39.1 Å². The number of carbonyl (C=O) groups is 2. The maximum Gasteiger partial charge on any atom is 0.237 e. The number of rotatable bonds is 10. The summed E-state index contributed by atoms with van der Waals surface area (Å²) in [6.07, 6.45) is 6.69. The fourth-order valence-electron chi connectivity index (χ4n) is 5.59. The van der Waals surface area contributed by atoms with Gasteiger partial charge in [0.05, 0.1) is 13.2 Å². The molecule has 1 aliphatic heterocycles. The first-order valence-electron chi connectivity index (χ1n) is 13.1. The quantitative estimate of drug-likeness (QED) is 0.567. The Morgan fingerprint density at radius 3 is 2.34 bits per heavy atom. The molecule has 2 aromatic rings. The third-order valence-corrected chi connectivity index (χ3v) is 7.53. The zero-order valence-corrected chi connectivity index (χ0v) is 21.0. The molecule has 6 heteroatoms. The first-order chi connectivity index (χ1) is 17.2. The minimum atomic E-state index is -0.100. The molecular formula is C29H39N3O3. The molecule has 2 aromatic carbocycles. The van der Waals surface area contributed by atoms with Gasteiger partial charge >= 0.3 is 0 Å². The van der Waals surface area contributed by atoms with E-state index in [1.807, 2.05) is 47.4 Å². The van der Waals surface area contributed by atoms with E-state index in [-0.39, 0.29) is 17.9 Å². The van der Waals surface area contributed by atoms with Gasteiger partial charge < -0.3 is 15.0 Å². The third kappa shape index (κ3) is 6.85. The van der Waals surface area contributed by atoms with Gasteiger partial charge in [0.15, 0.2) is 0 Å². The summed E-state index contributed by atoms with van der Waals surface area (Å²) in [7, 11) is 1.68. The lowest BCUT2D eigenvalue weighted by molar-refractivity contribution is -0.135. The van der Waals surface area contributed by atoms with E-state index in [0.29, 0.717) is 32.0 Å². The molecule has 6 nitrogen and oxygen atoms in total. The van der Waals surface area contributed by atoms with Gasteiger partial charge in [-0.05, 0) is 48.8 Å². The average Bonchev–Trinajstić information content (AvgIpc) is 3.43. The maximum atomic E-state index is 13.4. The zero-order valence-electron chi connectivity index (χ0n) is 21.0. The summed E-state index contributed by atoms with van der Waals surface area (Å²) in [5.74, 6) is 1.62. The Hall–Kier alpha value is -2.86. The number of methoxy groups -OCH3 is 1. The van der Waals surface area contributed by atoms with Crippen molar-refractivity contribution in [1.82, 2.24) is 15.1 Å². The summed E-state index contributed by atoms with van der Waals surface area (Å²) in [4.78, 5) is 30.5. The van der Waals surface area contributed by atoms with Crippen LogP contribution in [0.5, 0.6) is 5.75 Å². The number of nitrogens with zero attached hydrogens (tertiary/aromatic N) is 2. The van der Waals surface area contributed by atoms with Crippen LogP contribution in [0, 0.1) is 5.92 Å². The molecule has 1 atom stereocenters. The van der Waals surface area contributed by atoms with Gasteiger partial charge in [-0.2, -0.15) is 0 Å². The first kappa shape index (κ1) is 25.2. The second-order valence-electron chi connectivity index (χ2n) is 9.74. The highest BCUT2D eigenvalue weighted by molar-refractivity contribution is 5.82. The van der Waals surface area contributed by atoms with Crippen molar-refractivity contribution in [1.29, 1.82) is 0 Å². The monoisotopic (exact) mass is 477 g/mol. The first-order valence-corrected chi connectivity index (χ1v) is 13.1. The average molecular weight is 478 g/mol. The van der Waals surface area contributed by atoms with Crippen LogP contribution < -0.4 is 10.1 Å². The van der Waals surface area contributed by atoms with Crippen LogP contribution >= 0.6 is 0 Å².